The zero-order valence-corrected chi connectivity index (χ0v) is 17.2. The lowest BCUT2D eigenvalue weighted by atomic mass is 10.1. The Hall–Kier alpha value is -1.82. The second-order valence-electron chi connectivity index (χ2n) is 7.60. The van der Waals surface area contributed by atoms with E-state index in [1.54, 1.807) is 0 Å². The number of rotatable bonds is 6. The zero-order chi connectivity index (χ0) is 18.3. The number of hydrogen-bond acceptors (Lipinski definition) is 1. The van der Waals surface area contributed by atoms with Crippen LogP contribution in [0, 0.1) is 17.8 Å². The molecular weight excluding hydrogens is 320 g/mol. The summed E-state index contributed by atoms with van der Waals surface area (Å²) in [6.07, 6.45) is 0.964. The highest BCUT2D eigenvalue weighted by Gasteiger charge is 2.49. The molecule has 0 spiro atoms. The minimum absolute atomic E-state index is 0.0371. The summed E-state index contributed by atoms with van der Waals surface area (Å²) in [6.45, 7) is 11.8. The van der Waals surface area contributed by atoms with Crippen LogP contribution < -0.4 is 10.4 Å². The maximum Gasteiger partial charge on any atom is 0.261 e. The third kappa shape index (κ3) is 4.42. The van der Waals surface area contributed by atoms with Crippen molar-refractivity contribution < 1.29 is 4.43 Å². The van der Waals surface area contributed by atoms with Crippen molar-refractivity contribution in [3.8, 4) is 11.8 Å². The molecule has 0 aliphatic rings. The van der Waals surface area contributed by atoms with E-state index in [1.165, 1.54) is 10.4 Å². The fourth-order valence-electron chi connectivity index (χ4n) is 3.47. The fraction of sp³-hybridized carbons (Fsp3) is 0.391. The van der Waals surface area contributed by atoms with Gasteiger partial charge in [-0.25, -0.2) is 0 Å². The van der Waals surface area contributed by atoms with Crippen LogP contribution in [0.15, 0.2) is 60.7 Å². The molecule has 0 N–H and O–H groups in total. The highest BCUT2D eigenvalue weighted by Crippen LogP contribution is 2.36. The normalized spacial score (nSPS) is 13.0. The first-order chi connectivity index (χ1) is 11.9. The molecule has 0 aromatic heterocycles. The molecule has 2 heteroatoms. The van der Waals surface area contributed by atoms with Gasteiger partial charge in [-0.1, -0.05) is 88.4 Å². The molecule has 132 valence electrons. The zero-order valence-electron chi connectivity index (χ0n) is 16.2. The van der Waals surface area contributed by atoms with Gasteiger partial charge in [0.05, 0.1) is 0 Å². The Kier molecular flexibility index (Phi) is 6.64. The highest BCUT2D eigenvalue weighted by atomic mass is 28.4. The summed E-state index contributed by atoms with van der Waals surface area (Å²) in [5.74, 6) is 6.61. The van der Waals surface area contributed by atoms with Gasteiger partial charge in [0.15, 0.2) is 0 Å². The summed E-state index contributed by atoms with van der Waals surface area (Å²) < 4.78 is 6.85. The molecule has 0 bridgehead atoms. The molecule has 0 saturated heterocycles. The predicted molar refractivity (Wildman–Crippen MR) is 111 cm³/mol. The van der Waals surface area contributed by atoms with Crippen LogP contribution >= 0.6 is 0 Å². The molecule has 0 radical (unpaired) electrons. The molecule has 0 aliphatic heterocycles. The van der Waals surface area contributed by atoms with Gasteiger partial charge in [-0.15, -0.1) is 11.8 Å². The number of benzene rings is 2. The highest BCUT2D eigenvalue weighted by molar-refractivity contribution is 6.99. The van der Waals surface area contributed by atoms with Crippen molar-refractivity contribution in [3.63, 3.8) is 0 Å². The number of hydrogen-bond donors (Lipinski definition) is 0. The third-order valence-electron chi connectivity index (χ3n) is 4.68. The molecule has 0 amide bonds. The van der Waals surface area contributed by atoms with E-state index in [0.29, 0.717) is 5.92 Å². The van der Waals surface area contributed by atoms with Crippen LogP contribution in [0.4, 0.5) is 0 Å². The van der Waals surface area contributed by atoms with E-state index in [9.17, 15) is 0 Å². The minimum atomic E-state index is -2.39. The quantitative estimate of drug-likeness (QED) is 0.546. The van der Waals surface area contributed by atoms with Crippen molar-refractivity contribution in [2.45, 2.75) is 46.1 Å². The van der Waals surface area contributed by atoms with Crippen molar-refractivity contribution >= 4 is 18.7 Å². The third-order valence-corrected chi connectivity index (χ3v) is 9.72. The summed E-state index contributed by atoms with van der Waals surface area (Å²) in [7, 11) is -2.39. The fourth-order valence-corrected chi connectivity index (χ4v) is 8.05. The van der Waals surface area contributed by atoms with Gasteiger partial charge in [0, 0.05) is 12.5 Å². The Balaban J connectivity index is 2.47. The molecule has 25 heavy (non-hydrogen) atoms. The van der Waals surface area contributed by atoms with E-state index < -0.39 is 8.32 Å². The minimum Gasteiger partial charge on any atom is -0.407 e. The van der Waals surface area contributed by atoms with Gasteiger partial charge in [0.25, 0.3) is 8.32 Å². The topological polar surface area (TPSA) is 9.23 Å². The molecule has 1 atom stereocenters. The second kappa shape index (κ2) is 8.51. The smallest absolute Gasteiger partial charge is 0.261 e. The second-order valence-corrected chi connectivity index (χ2v) is 11.9. The lowest BCUT2D eigenvalue weighted by molar-refractivity contribution is 0.280. The van der Waals surface area contributed by atoms with E-state index in [4.69, 9.17) is 4.43 Å². The molecular formula is C23H30OSi. The first kappa shape index (κ1) is 19.5. The van der Waals surface area contributed by atoms with Crippen LogP contribution in [-0.4, -0.2) is 14.9 Å². The molecule has 0 aliphatic carbocycles. The Labute approximate surface area is 154 Å². The average molecular weight is 351 g/mol. The molecule has 0 fully saturated rings. The van der Waals surface area contributed by atoms with Crippen molar-refractivity contribution in [3.05, 3.63) is 60.7 Å². The lowest BCUT2D eigenvalue weighted by Crippen LogP contribution is -2.66. The molecule has 1 nitrogen and oxygen atoms in total. The monoisotopic (exact) mass is 350 g/mol. The van der Waals surface area contributed by atoms with Crippen molar-refractivity contribution in [1.29, 1.82) is 0 Å². The van der Waals surface area contributed by atoms with Gasteiger partial charge >= 0.3 is 0 Å². The van der Waals surface area contributed by atoms with Gasteiger partial charge < -0.3 is 4.43 Å². The first-order valence-corrected chi connectivity index (χ1v) is 11.0. The van der Waals surface area contributed by atoms with E-state index in [0.717, 1.165) is 13.0 Å². The molecule has 2 aromatic rings. The van der Waals surface area contributed by atoms with E-state index >= 15 is 0 Å². The predicted octanol–water partition coefficient (Wildman–Crippen LogP) is 4.61. The van der Waals surface area contributed by atoms with E-state index in [1.807, 2.05) is 6.92 Å². The summed E-state index contributed by atoms with van der Waals surface area (Å²) in [5.41, 5.74) is 0. The van der Waals surface area contributed by atoms with Crippen molar-refractivity contribution in [2.75, 3.05) is 6.61 Å². The Morgan fingerprint density at radius 1 is 0.920 bits per heavy atom. The summed E-state index contributed by atoms with van der Waals surface area (Å²) in [6, 6.07) is 21.6. The van der Waals surface area contributed by atoms with E-state index in [-0.39, 0.29) is 5.04 Å². The molecule has 2 rings (SSSR count). The molecule has 0 saturated carbocycles. The van der Waals surface area contributed by atoms with Crippen molar-refractivity contribution in [1.82, 2.24) is 0 Å². The summed E-state index contributed by atoms with van der Waals surface area (Å²) in [4.78, 5) is 0. The van der Waals surface area contributed by atoms with Crippen molar-refractivity contribution in [2.24, 2.45) is 5.92 Å². The Bertz CT molecular complexity index is 665. The van der Waals surface area contributed by atoms with Gasteiger partial charge in [-0.2, -0.15) is 0 Å². The van der Waals surface area contributed by atoms with Gasteiger partial charge in [-0.05, 0) is 28.8 Å². The average Bonchev–Trinajstić information content (AvgIpc) is 2.59. The van der Waals surface area contributed by atoms with Crippen LogP contribution in [0.2, 0.25) is 5.04 Å². The Morgan fingerprint density at radius 3 is 1.80 bits per heavy atom. The molecule has 1 unspecified atom stereocenters. The van der Waals surface area contributed by atoms with Crippen LogP contribution in [0.3, 0.4) is 0 Å². The summed E-state index contributed by atoms with van der Waals surface area (Å²) >= 11 is 0. The molecule has 0 heterocycles. The largest absolute Gasteiger partial charge is 0.407 e. The van der Waals surface area contributed by atoms with E-state index in [2.05, 4.69) is 100 Å². The lowest BCUT2D eigenvalue weighted by Gasteiger charge is -2.43. The van der Waals surface area contributed by atoms with Crippen LogP contribution in [0.25, 0.3) is 0 Å². The maximum atomic E-state index is 6.85. The standard InChI is InChI=1S/C23H30OSi/c1-6-13-20(2)18-19-24-25(23(3,4)5,21-14-9-7-10-15-21)22-16-11-8-12-17-22/h7-12,14-17,20H,18-19H2,1-5H3. The van der Waals surface area contributed by atoms with Gasteiger partial charge in [0.2, 0.25) is 0 Å². The van der Waals surface area contributed by atoms with Gasteiger partial charge in [-0.3, -0.25) is 0 Å². The van der Waals surface area contributed by atoms with Crippen LogP contribution in [-0.2, 0) is 4.43 Å². The van der Waals surface area contributed by atoms with Crippen LogP contribution in [0.5, 0.6) is 0 Å². The summed E-state index contributed by atoms with van der Waals surface area (Å²) in [5, 5.41) is 2.71. The SMILES string of the molecule is CC#CC(C)CCO[Si](c1ccccc1)(c1ccccc1)C(C)(C)C. The van der Waals surface area contributed by atoms with Gasteiger partial charge in [0.1, 0.15) is 0 Å². The molecule has 2 aromatic carbocycles. The maximum absolute atomic E-state index is 6.85. The Morgan fingerprint density at radius 2 is 1.40 bits per heavy atom. The first-order valence-electron chi connectivity index (χ1n) is 9.09. The van der Waals surface area contributed by atoms with Crippen LogP contribution in [0.1, 0.15) is 41.0 Å².